The molecule has 3 aromatic rings. The number of sulfone groups is 1. The number of benzene rings is 2. The van der Waals surface area contributed by atoms with E-state index in [4.69, 9.17) is 13.9 Å². The van der Waals surface area contributed by atoms with Gasteiger partial charge in [-0.3, -0.25) is 0 Å². The van der Waals surface area contributed by atoms with Gasteiger partial charge in [0.25, 0.3) is 0 Å². The van der Waals surface area contributed by atoms with E-state index in [2.05, 4.69) is 11.9 Å². The normalized spacial score (nSPS) is 17.0. The van der Waals surface area contributed by atoms with Crippen molar-refractivity contribution in [2.24, 2.45) is 5.92 Å². The predicted molar refractivity (Wildman–Crippen MR) is 115 cm³/mol. The van der Waals surface area contributed by atoms with E-state index in [9.17, 15) is 8.42 Å². The molecule has 0 radical (unpaired) electrons. The highest BCUT2D eigenvalue weighted by molar-refractivity contribution is 7.91. The summed E-state index contributed by atoms with van der Waals surface area (Å²) in [5, 5.41) is -0.0578. The van der Waals surface area contributed by atoms with Gasteiger partial charge in [0.2, 0.25) is 26.6 Å². The molecule has 0 amide bonds. The lowest BCUT2D eigenvalue weighted by Gasteiger charge is -2.30. The van der Waals surface area contributed by atoms with Crippen LogP contribution in [0.25, 0.3) is 11.5 Å². The summed E-state index contributed by atoms with van der Waals surface area (Å²) in [7, 11) is -3.94. The Labute approximate surface area is 181 Å². The highest BCUT2D eigenvalue weighted by atomic mass is 32.2. The fourth-order valence-corrected chi connectivity index (χ4v) is 5.23. The average Bonchev–Trinajstić information content (AvgIpc) is 3.26. The van der Waals surface area contributed by atoms with E-state index in [1.807, 2.05) is 35.2 Å². The lowest BCUT2D eigenvalue weighted by atomic mass is 9.99. The van der Waals surface area contributed by atoms with Gasteiger partial charge in [-0.1, -0.05) is 25.1 Å². The molecule has 31 heavy (non-hydrogen) atoms. The van der Waals surface area contributed by atoms with Crippen molar-refractivity contribution >= 4 is 15.7 Å². The molecule has 2 aromatic carbocycles. The Balaban J connectivity index is 1.60. The first-order valence-electron chi connectivity index (χ1n) is 10.5. The molecule has 7 nitrogen and oxygen atoms in total. The molecule has 0 aliphatic carbocycles. The molecule has 162 valence electrons. The molecule has 8 heteroatoms. The molecule has 0 spiro atoms. The highest BCUT2D eigenvalue weighted by Crippen LogP contribution is 2.39. The second-order valence-corrected chi connectivity index (χ2v) is 9.84. The Morgan fingerprint density at radius 1 is 0.968 bits per heavy atom. The number of rotatable bonds is 4. The van der Waals surface area contributed by atoms with E-state index < -0.39 is 9.84 Å². The standard InChI is InChI=1S/C23H24N2O5S/c1-16-9-11-25(12-10-16)23-22(24-21(30-23)17-5-3-2-4-6-17)31(26,27)18-7-8-19-20(15-18)29-14-13-28-19/h2-8,15-16H,9-14H2,1H3. The zero-order valence-corrected chi connectivity index (χ0v) is 18.1. The number of fused-ring (bicyclic) bond motifs is 1. The van der Waals surface area contributed by atoms with Crippen molar-refractivity contribution < 1.29 is 22.3 Å². The van der Waals surface area contributed by atoms with Crippen molar-refractivity contribution in [3.8, 4) is 23.0 Å². The summed E-state index contributed by atoms with van der Waals surface area (Å²) in [5.41, 5.74) is 0.734. The summed E-state index contributed by atoms with van der Waals surface area (Å²) < 4.78 is 44.5. The molecule has 0 saturated carbocycles. The molecular formula is C23H24N2O5S. The summed E-state index contributed by atoms with van der Waals surface area (Å²) in [6.45, 7) is 4.50. The number of ether oxygens (including phenoxy) is 2. The van der Waals surface area contributed by atoms with Gasteiger partial charge in [0.1, 0.15) is 13.2 Å². The SMILES string of the molecule is CC1CCN(c2oc(-c3ccccc3)nc2S(=O)(=O)c2ccc3c(c2)OCCO3)CC1. The fraction of sp³-hybridized carbons (Fsp3) is 0.348. The third-order valence-corrected chi connectivity index (χ3v) is 7.40. The van der Waals surface area contributed by atoms with Crippen molar-refractivity contribution in [2.75, 3.05) is 31.2 Å². The molecule has 2 aliphatic heterocycles. The number of nitrogens with zero attached hydrogens (tertiary/aromatic N) is 2. The summed E-state index contributed by atoms with van der Waals surface area (Å²) in [6, 6.07) is 14.0. The van der Waals surface area contributed by atoms with E-state index in [1.165, 1.54) is 12.1 Å². The maximum absolute atomic E-state index is 13.6. The van der Waals surface area contributed by atoms with Crippen molar-refractivity contribution in [1.29, 1.82) is 0 Å². The summed E-state index contributed by atoms with van der Waals surface area (Å²) in [5.74, 6) is 2.17. The second kappa shape index (κ2) is 7.92. The van der Waals surface area contributed by atoms with Crippen LogP contribution in [0, 0.1) is 5.92 Å². The maximum Gasteiger partial charge on any atom is 0.236 e. The molecule has 3 heterocycles. The topological polar surface area (TPSA) is 81.9 Å². The molecular weight excluding hydrogens is 416 g/mol. The molecule has 1 aromatic heterocycles. The minimum Gasteiger partial charge on any atom is -0.486 e. The van der Waals surface area contributed by atoms with Gasteiger partial charge in [-0.2, -0.15) is 4.98 Å². The van der Waals surface area contributed by atoms with Crippen molar-refractivity contribution in [3.63, 3.8) is 0 Å². The quantitative estimate of drug-likeness (QED) is 0.602. The van der Waals surface area contributed by atoms with Gasteiger partial charge in [0.05, 0.1) is 4.90 Å². The van der Waals surface area contributed by atoms with Crippen LogP contribution in [0.15, 0.2) is 62.9 Å². The van der Waals surface area contributed by atoms with Crippen LogP contribution >= 0.6 is 0 Å². The van der Waals surface area contributed by atoms with Crippen molar-refractivity contribution in [1.82, 2.24) is 4.98 Å². The number of hydrogen-bond acceptors (Lipinski definition) is 7. The Morgan fingerprint density at radius 2 is 1.68 bits per heavy atom. The average molecular weight is 441 g/mol. The number of anilines is 1. The smallest absolute Gasteiger partial charge is 0.236 e. The Hall–Kier alpha value is -3.00. The first-order chi connectivity index (χ1) is 15.0. The Kier molecular flexibility index (Phi) is 5.09. The van der Waals surface area contributed by atoms with Gasteiger partial charge in [0, 0.05) is 24.7 Å². The van der Waals surface area contributed by atoms with Crippen LogP contribution in [0.5, 0.6) is 11.5 Å². The van der Waals surface area contributed by atoms with Gasteiger partial charge in [-0.05, 0) is 43.0 Å². The fourth-order valence-electron chi connectivity index (χ4n) is 3.89. The van der Waals surface area contributed by atoms with Crippen LogP contribution in [-0.4, -0.2) is 39.7 Å². The minimum absolute atomic E-state index is 0.0578. The molecule has 0 bridgehead atoms. The van der Waals surface area contributed by atoms with Gasteiger partial charge in [-0.25, -0.2) is 8.42 Å². The first kappa shape index (κ1) is 19.9. The largest absolute Gasteiger partial charge is 0.486 e. The van der Waals surface area contributed by atoms with Crippen LogP contribution in [0.4, 0.5) is 5.88 Å². The lowest BCUT2D eigenvalue weighted by molar-refractivity contribution is 0.171. The van der Waals surface area contributed by atoms with Crippen LogP contribution in [0.2, 0.25) is 0 Å². The predicted octanol–water partition coefficient (Wildman–Crippen LogP) is 4.18. The number of oxazole rings is 1. The van der Waals surface area contributed by atoms with E-state index in [-0.39, 0.29) is 9.92 Å². The van der Waals surface area contributed by atoms with Gasteiger partial charge < -0.3 is 18.8 Å². The van der Waals surface area contributed by atoms with Crippen molar-refractivity contribution in [2.45, 2.75) is 29.7 Å². The second-order valence-electron chi connectivity index (χ2n) is 7.97. The molecule has 5 rings (SSSR count). The van der Waals surface area contributed by atoms with E-state index in [1.54, 1.807) is 6.07 Å². The first-order valence-corrected chi connectivity index (χ1v) is 12.0. The zero-order chi connectivity index (χ0) is 21.4. The summed E-state index contributed by atoms with van der Waals surface area (Å²) in [4.78, 5) is 6.56. The van der Waals surface area contributed by atoms with Gasteiger partial charge >= 0.3 is 0 Å². The lowest BCUT2D eigenvalue weighted by Crippen LogP contribution is -2.33. The third kappa shape index (κ3) is 3.76. The van der Waals surface area contributed by atoms with Crippen molar-refractivity contribution in [3.05, 3.63) is 48.5 Å². The number of aromatic nitrogens is 1. The Bertz CT molecular complexity index is 1180. The van der Waals surface area contributed by atoms with Crippen LogP contribution < -0.4 is 14.4 Å². The van der Waals surface area contributed by atoms with Crippen LogP contribution in [-0.2, 0) is 9.84 Å². The number of piperidine rings is 1. The minimum atomic E-state index is -3.94. The zero-order valence-electron chi connectivity index (χ0n) is 17.3. The van der Waals surface area contributed by atoms with Gasteiger partial charge in [-0.15, -0.1) is 0 Å². The monoisotopic (exact) mass is 440 g/mol. The third-order valence-electron chi connectivity index (χ3n) is 5.75. The molecule has 0 N–H and O–H groups in total. The molecule has 1 saturated heterocycles. The molecule has 1 fully saturated rings. The van der Waals surface area contributed by atoms with Crippen LogP contribution in [0.1, 0.15) is 19.8 Å². The number of hydrogen-bond donors (Lipinski definition) is 0. The highest BCUT2D eigenvalue weighted by Gasteiger charge is 2.33. The van der Waals surface area contributed by atoms with Gasteiger partial charge in [0.15, 0.2) is 11.5 Å². The Morgan fingerprint density at radius 3 is 2.42 bits per heavy atom. The summed E-state index contributed by atoms with van der Waals surface area (Å²) >= 11 is 0. The summed E-state index contributed by atoms with van der Waals surface area (Å²) in [6.07, 6.45) is 1.95. The van der Waals surface area contributed by atoms with Crippen LogP contribution in [0.3, 0.4) is 0 Å². The molecule has 0 atom stereocenters. The van der Waals surface area contributed by atoms with E-state index in [0.717, 1.165) is 31.5 Å². The molecule has 0 unspecified atom stereocenters. The maximum atomic E-state index is 13.6. The van der Waals surface area contributed by atoms with E-state index in [0.29, 0.717) is 42.4 Å². The van der Waals surface area contributed by atoms with E-state index >= 15 is 0 Å². The molecule has 2 aliphatic rings.